The lowest BCUT2D eigenvalue weighted by Crippen LogP contribution is -2.15. The Kier molecular flexibility index (Phi) is 5.11. The average Bonchev–Trinajstić information content (AvgIpc) is 2.95. The maximum Gasteiger partial charge on any atom is 0.249 e. The molecule has 3 rings (SSSR count). The van der Waals surface area contributed by atoms with Crippen molar-refractivity contribution in [2.75, 3.05) is 5.75 Å². The van der Waals surface area contributed by atoms with Crippen molar-refractivity contribution >= 4 is 29.3 Å². The SMILES string of the molecule is NC(=O)c1ccc(SCC(F)F)cc1[C@@H]1CCc2cc(Cl)ccc21. The lowest BCUT2D eigenvalue weighted by molar-refractivity contribution is 0.0999. The Hall–Kier alpha value is -1.59. The zero-order valence-corrected chi connectivity index (χ0v) is 14.3. The van der Waals surface area contributed by atoms with Crippen molar-refractivity contribution < 1.29 is 13.6 Å². The van der Waals surface area contributed by atoms with Gasteiger partial charge in [0.25, 0.3) is 0 Å². The van der Waals surface area contributed by atoms with Crippen molar-refractivity contribution in [2.24, 2.45) is 5.73 Å². The van der Waals surface area contributed by atoms with Gasteiger partial charge in [0, 0.05) is 21.4 Å². The van der Waals surface area contributed by atoms with Gasteiger partial charge in [-0.15, -0.1) is 11.8 Å². The number of fused-ring (bicyclic) bond motifs is 1. The smallest absolute Gasteiger partial charge is 0.249 e. The fourth-order valence-electron chi connectivity index (χ4n) is 3.21. The van der Waals surface area contributed by atoms with Gasteiger partial charge in [0.1, 0.15) is 0 Å². The Balaban J connectivity index is 2.00. The molecule has 2 aromatic rings. The summed E-state index contributed by atoms with van der Waals surface area (Å²) in [6.07, 6.45) is -0.657. The molecule has 1 amide bonds. The third-order valence-electron chi connectivity index (χ3n) is 4.22. The van der Waals surface area contributed by atoms with E-state index in [0.29, 0.717) is 10.6 Å². The number of aryl methyl sites for hydroxylation is 1. The van der Waals surface area contributed by atoms with Crippen molar-refractivity contribution in [3.05, 3.63) is 63.7 Å². The quantitative estimate of drug-likeness (QED) is 0.766. The van der Waals surface area contributed by atoms with Crippen LogP contribution in [0.15, 0.2) is 41.3 Å². The highest BCUT2D eigenvalue weighted by Crippen LogP contribution is 2.41. The van der Waals surface area contributed by atoms with Gasteiger partial charge in [0.15, 0.2) is 0 Å². The van der Waals surface area contributed by atoms with Crippen molar-refractivity contribution in [3.8, 4) is 0 Å². The van der Waals surface area contributed by atoms with E-state index >= 15 is 0 Å². The molecule has 0 fully saturated rings. The molecule has 2 nitrogen and oxygen atoms in total. The maximum atomic E-state index is 12.5. The minimum absolute atomic E-state index is 0.0341. The molecule has 0 aromatic heterocycles. The Labute approximate surface area is 148 Å². The van der Waals surface area contributed by atoms with Crippen LogP contribution in [0, 0.1) is 0 Å². The van der Waals surface area contributed by atoms with E-state index in [-0.39, 0.29) is 11.7 Å². The highest BCUT2D eigenvalue weighted by atomic mass is 35.5. The monoisotopic (exact) mass is 367 g/mol. The number of halogens is 3. The van der Waals surface area contributed by atoms with Gasteiger partial charge in [0.2, 0.25) is 12.3 Å². The van der Waals surface area contributed by atoms with E-state index in [9.17, 15) is 13.6 Å². The molecule has 0 spiro atoms. The first-order chi connectivity index (χ1) is 11.5. The predicted molar refractivity (Wildman–Crippen MR) is 93.3 cm³/mol. The molecule has 0 heterocycles. The van der Waals surface area contributed by atoms with E-state index < -0.39 is 12.3 Å². The third-order valence-corrected chi connectivity index (χ3v) is 5.46. The predicted octanol–water partition coefficient (Wildman–Crippen LogP) is 4.87. The molecule has 126 valence electrons. The first-order valence-electron chi connectivity index (χ1n) is 7.58. The summed E-state index contributed by atoms with van der Waals surface area (Å²) in [7, 11) is 0. The van der Waals surface area contributed by atoms with Gasteiger partial charge in [0.05, 0.1) is 5.75 Å². The van der Waals surface area contributed by atoms with Crippen molar-refractivity contribution in [1.29, 1.82) is 0 Å². The number of amides is 1. The fraction of sp³-hybridized carbons (Fsp3) is 0.278. The number of rotatable bonds is 5. The number of alkyl halides is 2. The minimum Gasteiger partial charge on any atom is -0.366 e. The van der Waals surface area contributed by atoms with E-state index in [4.69, 9.17) is 17.3 Å². The number of nitrogens with two attached hydrogens (primary N) is 1. The Bertz CT molecular complexity index is 782. The molecule has 1 aliphatic rings. The molecule has 0 bridgehead atoms. The second-order valence-corrected chi connectivity index (χ2v) is 7.28. The van der Waals surface area contributed by atoms with Gasteiger partial charge in [-0.1, -0.05) is 17.7 Å². The van der Waals surface area contributed by atoms with Crippen LogP contribution < -0.4 is 5.73 Å². The number of hydrogen-bond donors (Lipinski definition) is 1. The molecule has 0 aliphatic heterocycles. The van der Waals surface area contributed by atoms with Crippen LogP contribution in [-0.2, 0) is 6.42 Å². The molecule has 1 atom stereocenters. The van der Waals surface area contributed by atoms with Crippen molar-refractivity contribution in [2.45, 2.75) is 30.1 Å². The molecule has 24 heavy (non-hydrogen) atoms. The summed E-state index contributed by atoms with van der Waals surface area (Å²) < 4.78 is 24.9. The summed E-state index contributed by atoms with van der Waals surface area (Å²) in [5, 5.41) is 0.686. The summed E-state index contributed by atoms with van der Waals surface area (Å²) in [4.78, 5) is 12.5. The Morgan fingerprint density at radius 1 is 1.25 bits per heavy atom. The summed E-state index contributed by atoms with van der Waals surface area (Å²) >= 11 is 7.13. The summed E-state index contributed by atoms with van der Waals surface area (Å²) in [6, 6.07) is 10.9. The molecule has 2 N–H and O–H groups in total. The van der Waals surface area contributed by atoms with Crippen LogP contribution in [0.25, 0.3) is 0 Å². The van der Waals surface area contributed by atoms with Gasteiger partial charge in [-0.2, -0.15) is 0 Å². The van der Waals surface area contributed by atoms with Gasteiger partial charge in [-0.25, -0.2) is 8.78 Å². The van der Waals surface area contributed by atoms with E-state index in [1.807, 2.05) is 24.3 Å². The lowest BCUT2D eigenvalue weighted by Gasteiger charge is -2.17. The largest absolute Gasteiger partial charge is 0.366 e. The van der Waals surface area contributed by atoms with Crippen LogP contribution in [0.5, 0.6) is 0 Å². The van der Waals surface area contributed by atoms with Crippen LogP contribution in [0.3, 0.4) is 0 Å². The van der Waals surface area contributed by atoms with E-state index in [0.717, 1.165) is 46.2 Å². The number of hydrogen-bond acceptors (Lipinski definition) is 2. The van der Waals surface area contributed by atoms with E-state index in [1.54, 1.807) is 12.1 Å². The highest BCUT2D eigenvalue weighted by molar-refractivity contribution is 7.99. The van der Waals surface area contributed by atoms with Crippen LogP contribution in [-0.4, -0.2) is 18.1 Å². The van der Waals surface area contributed by atoms with Crippen LogP contribution in [0.1, 0.15) is 39.4 Å². The average molecular weight is 368 g/mol. The van der Waals surface area contributed by atoms with Gasteiger partial charge >= 0.3 is 0 Å². The first kappa shape index (κ1) is 17.2. The summed E-state index contributed by atoms with van der Waals surface area (Å²) in [5.74, 6) is -0.739. The second kappa shape index (κ2) is 7.11. The molecule has 2 aromatic carbocycles. The number of primary amides is 1. The Morgan fingerprint density at radius 2 is 2.04 bits per heavy atom. The number of carbonyl (C=O) groups is 1. The number of carbonyl (C=O) groups excluding carboxylic acids is 1. The van der Waals surface area contributed by atoms with Crippen molar-refractivity contribution in [1.82, 2.24) is 0 Å². The normalized spacial score (nSPS) is 16.4. The zero-order valence-electron chi connectivity index (χ0n) is 12.8. The molecule has 0 radical (unpaired) electrons. The Morgan fingerprint density at radius 3 is 2.75 bits per heavy atom. The molecular formula is C18H16ClF2NOS. The minimum atomic E-state index is -2.37. The van der Waals surface area contributed by atoms with E-state index in [2.05, 4.69) is 0 Å². The molecular weight excluding hydrogens is 352 g/mol. The maximum absolute atomic E-state index is 12.5. The molecule has 6 heteroatoms. The topological polar surface area (TPSA) is 43.1 Å². The van der Waals surface area contributed by atoms with Gasteiger partial charge in [-0.3, -0.25) is 4.79 Å². The molecule has 0 saturated heterocycles. The van der Waals surface area contributed by atoms with Crippen LogP contribution >= 0.6 is 23.4 Å². The van der Waals surface area contributed by atoms with Gasteiger partial charge < -0.3 is 5.73 Å². The number of benzene rings is 2. The van der Waals surface area contributed by atoms with Crippen LogP contribution in [0.4, 0.5) is 8.78 Å². The lowest BCUT2D eigenvalue weighted by atomic mass is 9.89. The van der Waals surface area contributed by atoms with Crippen molar-refractivity contribution in [3.63, 3.8) is 0 Å². The highest BCUT2D eigenvalue weighted by Gasteiger charge is 2.27. The van der Waals surface area contributed by atoms with Crippen LogP contribution in [0.2, 0.25) is 5.02 Å². The third kappa shape index (κ3) is 3.57. The standard InChI is InChI=1S/C18H16ClF2NOS/c19-11-2-5-13-10(7-11)1-4-14(13)16-8-12(24-9-17(20)21)3-6-15(16)18(22)23/h2-3,5-8,14,17H,1,4,9H2,(H2,22,23)/t14-/m1/s1. The van der Waals surface area contributed by atoms with Gasteiger partial charge in [-0.05, 0) is 59.9 Å². The number of thioether (sulfide) groups is 1. The molecule has 0 saturated carbocycles. The molecule has 1 aliphatic carbocycles. The summed E-state index contributed by atoms with van der Waals surface area (Å²) in [5.41, 5.74) is 9.05. The first-order valence-corrected chi connectivity index (χ1v) is 8.95. The fourth-order valence-corrected chi connectivity index (χ4v) is 4.10. The zero-order chi connectivity index (χ0) is 17.3. The van der Waals surface area contributed by atoms with E-state index in [1.165, 1.54) is 0 Å². The molecule has 0 unspecified atom stereocenters. The summed E-state index contributed by atoms with van der Waals surface area (Å²) in [6.45, 7) is 0. The second-order valence-electron chi connectivity index (χ2n) is 5.75.